The predicted molar refractivity (Wildman–Crippen MR) is 137 cm³/mol. The van der Waals surface area contributed by atoms with E-state index in [9.17, 15) is 9.90 Å². The highest BCUT2D eigenvalue weighted by Crippen LogP contribution is 2.30. The third kappa shape index (κ3) is 7.54. The Morgan fingerprint density at radius 2 is 2.06 bits per heavy atom. The topological polar surface area (TPSA) is 112 Å². The Kier molecular flexibility index (Phi) is 9.66. The number of nitrogens with one attached hydrogen (secondary N) is 3. The van der Waals surface area contributed by atoms with Crippen molar-refractivity contribution in [2.24, 2.45) is 0 Å². The van der Waals surface area contributed by atoms with Crippen LogP contribution in [0.1, 0.15) is 11.1 Å². The van der Waals surface area contributed by atoms with Gasteiger partial charge < -0.3 is 34.9 Å². The van der Waals surface area contributed by atoms with Gasteiger partial charge in [-0.15, -0.1) is 0 Å². The van der Waals surface area contributed by atoms with Crippen LogP contribution >= 0.6 is 0 Å². The molecule has 2 aromatic carbocycles. The second-order valence-corrected chi connectivity index (χ2v) is 8.64. The van der Waals surface area contributed by atoms with Crippen LogP contribution in [0.5, 0.6) is 11.5 Å². The number of carbonyl (C=O) groups excluding carboxylic acids is 1. The molecule has 0 saturated carbocycles. The maximum Gasteiger partial charge on any atom is 0.143 e. The lowest BCUT2D eigenvalue weighted by Crippen LogP contribution is -2.36. The largest absolute Gasteiger partial charge is 0.497 e. The van der Waals surface area contributed by atoms with Crippen molar-refractivity contribution in [2.75, 3.05) is 46.7 Å². The van der Waals surface area contributed by atoms with Gasteiger partial charge in [0, 0.05) is 31.9 Å². The van der Waals surface area contributed by atoms with Crippen molar-refractivity contribution in [3.05, 3.63) is 59.9 Å². The van der Waals surface area contributed by atoms with Crippen LogP contribution in [0.25, 0.3) is 11.1 Å². The van der Waals surface area contributed by atoms with Crippen molar-refractivity contribution < 1.29 is 19.4 Å². The molecule has 1 aliphatic heterocycles. The van der Waals surface area contributed by atoms with Gasteiger partial charge in [0.05, 0.1) is 25.0 Å². The van der Waals surface area contributed by atoms with Crippen molar-refractivity contribution in [3.63, 3.8) is 0 Å². The van der Waals surface area contributed by atoms with Gasteiger partial charge in [0.1, 0.15) is 30.5 Å². The fraction of sp³-hybridized carbons (Fsp3) is 0.385. The van der Waals surface area contributed by atoms with E-state index in [1.807, 2.05) is 68.6 Å². The molecule has 0 radical (unpaired) electrons. The van der Waals surface area contributed by atoms with Gasteiger partial charge in [0.15, 0.2) is 0 Å². The summed E-state index contributed by atoms with van der Waals surface area (Å²) in [4.78, 5) is 12.6. The monoisotopic (exact) mass is 481 g/mol. The van der Waals surface area contributed by atoms with Crippen LogP contribution in [0, 0.1) is 0 Å². The number of hydrogen-bond acceptors (Lipinski definition) is 8. The normalized spacial score (nSPS) is 15.4. The first-order valence-electron chi connectivity index (χ1n) is 11.5. The number of benzene rings is 2. The summed E-state index contributed by atoms with van der Waals surface area (Å²) in [6.45, 7) is 1.58. The molecule has 3 aromatic rings. The SMILES string of the molecule is CNc1ccc(-c2cn[nH]c2)cc1OCC(O)CN(C)C.COc1ccc2c(c1)CC(C=O)NC2. The van der Waals surface area contributed by atoms with E-state index in [-0.39, 0.29) is 12.6 Å². The molecule has 2 unspecified atom stereocenters. The van der Waals surface area contributed by atoms with E-state index in [2.05, 4.69) is 20.8 Å². The molecule has 1 aromatic heterocycles. The molecule has 4 N–H and O–H groups in total. The van der Waals surface area contributed by atoms with Crippen molar-refractivity contribution in [1.82, 2.24) is 20.4 Å². The molecule has 2 heterocycles. The van der Waals surface area contributed by atoms with Gasteiger partial charge in [-0.3, -0.25) is 5.10 Å². The average molecular weight is 482 g/mol. The van der Waals surface area contributed by atoms with E-state index in [1.165, 1.54) is 11.1 Å². The number of carbonyl (C=O) groups is 1. The van der Waals surface area contributed by atoms with E-state index in [4.69, 9.17) is 9.47 Å². The number of aromatic amines is 1. The number of hydrogen-bond donors (Lipinski definition) is 4. The van der Waals surface area contributed by atoms with Crippen molar-refractivity contribution in [1.29, 1.82) is 0 Å². The van der Waals surface area contributed by atoms with Gasteiger partial charge in [0.25, 0.3) is 0 Å². The van der Waals surface area contributed by atoms with Crippen LogP contribution in [0.3, 0.4) is 0 Å². The quantitative estimate of drug-likeness (QED) is 0.345. The number of fused-ring (bicyclic) bond motifs is 1. The van der Waals surface area contributed by atoms with Crippen LogP contribution in [0.15, 0.2) is 48.8 Å². The lowest BCUT2D eigenvalue weighted by atomic mass is 9.96. The molecule has 2 atom stereocenters. The number of anilines is 1. The summed E-state index contributed by atoms with van der Waals surface area (Å²) in [6.07, 6.45) is 4.79. The molecule has 0 bridgehead atoms. The molecule has 0 amide bonds. The first-order valence-corrected chi connectivity index (χ1v) is 11.5. The van der Waals surface area contributed by atoms with Crippen molar-refractivity contribution >= 4 is 12.0 Å². The summed E-state index contributed by atoms with van der Waals surface area (Å²) >= 11 is 0. The Morgan fingerprint density at radius 3 is 2.71 bits per heavy atom. The van der Waals surface area contributed by atoms with Gasteiger partial charge in [0.2, 0.25) is 0 Å². The third-order valence-electron chi connectivity index (χ3n) is 5.66. The van der Waals surface area contributed by atoms with Crippen LogP contribution < -0.4 is 20.1 Å². The minimum atomic E-state index is -0.526. The molecule has 188 valence electrons. The molecule has 4 rings (SSSR count). The van der Waals surface area contributed by atoms with Crippen molar-refractivity contribution in [3.8, 4) is 22.6 Å². The van der Waals surface area contributed by atoms with E-state index < -0.39 is 6.10 Å². The first kappa shape index (κ1) is 26.2. The fourth-order valence-electron chi connectivity index (χ4n) is 3.83. The Bertz CT molecular complexity index is 1070. The van der Waals surface area contributed by atoms with Crippen LogP contribution in [-0.4, -0.2) is 80.0 Å². The molecular weight excluding hydrogens is 446 g/mol. The van der Waals surface area contributed by atoms with E-state index in [0.717, 1.165) is 41.8 Å². The molecule has 0 spiro atoms. The van der Waals surface area contributed by atoms with Gasteiger partial charge in [-0.05, 0) is 61.5 Å². The third-order valence-corrected chi connectivity index (χ3v) is 5.66. The molecular formula is C26H35N5O4. The lowest BCUT2D eigenvalue weighted by molar-refractivity contribution is -0.109. The molecule has 0 aliphatic carbocycles. The van der Waals surface area contributed by atoms with E-state index >= 15 is 0 Å². The van der Waals surface area contributed by atoms with Gasteiger partial charge in [-0.2, -0.15) is 5.10 Å². The summed E-state index contributed by atoms with van der Waals surface area (Å²) in [5.41, 5.74) is 5.36. The molecule has 9 heteroatoms. The maximum absolute atomic E-state index is 10.6. The summed E-state index contributed by atoms with van der Waals surface area (Å²) < 4.78 is 10.9. The molecule has 0 saturated heterocycles. The smallest absolute Gasteiger partial charge is 0.143 e. The van der Waals surface area contributed by atoms with E-state index in [1.54, 1.807) is 13.3 Å². The number of aliphatic hydroxyl groups is 1. The minimum Gasteiger partial charge on any atom is -0.497 e. The van der Waals surface area contributed by atoms with E-state index in [0.29, 0.717) is 12.3 Å². The number of nitrogens with zero attached hydrogens (tertiary/aromatic N) is 2. The van der Waals surface area contributed by atoms with Gasteiger partial charge >= 0.3 is 0 Å². The van der Waals surface area contributed by atoms with Gasteiger partial charge in [-0.1, -0.05) is 12.1 Å². The summed E-state index contributed by atoms with van der Waals surface area (Å²) in [6, 6.07) is 11.8. The van der Waals surface area contributed by atoms with Crippen molar-refractivity contribution in [2.45, 2.75) is 25.1 Å². The zero-order valence-corrected chi connectivity index (χ0v) is 20.7. The van der Waals surface area contributed by atoms with Crippen LogP contribution in [0.4, 0.5) is 5.69 Å². The fourth-order valence-corrected chi connectivity index (χ4v) is 3.83. The van der Waals surface area contributed by atoms with Gasteiger partial charge in [-0.25, -0.2) is 0 Å². The molecule has 1 aliphatic rings. The molecule has 35 heavy (non-hydrogen) atoms. The van der Waals surface area contributed by atoms with Crippen LogP contribution in [0.2, 0.25) is 0 Å². The number of likely N-dealkylation sites (N-methyl/N-ethyl adjacent to an activating group) is 1. The highest BCUT2D eigenvalue weighted by atomic mass is 16.5. The van der Waals surface area contributed by atoms with Crippen LogP contribution in [-0.2, 0) is 17.8 Å². The Morgan fingerprint density at radius 1 is 1.23 bits per heavy atom. The summed E-state index contributed by atoms with van der Waals surface area (Å²) in [5.74, 6) is 1.57. The highest BCUT2D eigenvalue weighted by molar-refractivity contribution is 5.70. The zero-order chi connectivity index (χ0) is 25.2. The number of aromatic nitrogens is 2. The Hall–Kier alpha value is -3.40. The number of rotatable bonds is 9. The predicted octanol–water partition coefficient (Wildman–Crippen LogP) is 2.33. The number of methoxy groups -OCH3 is 1. The summed E-state index contributed by atoms with van der Waals surface area (Å²) in [5, 5.41) is 22.9. The number of H-pyrrole nitrogens is 1. The summed E-state index contributed by atoms with van der Waals surface area (Å²) in [7, 11) is 7.33. The highest BCUT2D eigenvalue weighted by Gasteiger charge is 2.17. The average Bonchev–Trinajstić information content (AvgIpc) is 3.41. The maximum atomic E-state index is 10.6. The number of aldehydes is 1. The second kappa shape index (κ2) is 12.9. The first-order chi connectivity index (χ1) is 16.9. The second-order valence-electron chi connectivity index (χ2n) is 8.64. The zero-order valence-electron chi connectivity index (χ0n) is 20.7. The molecule has 0 fully saturated rings. The Labute approximate surface area is 206 Å². The number of aliphatic hydroxyl groups excluding tert-OH is 1. The number of ether oxygens (including phenoxy) is 2. The lowest BCUT2D eigenvalue weighted by Gasteiger charge is -2.22. The molecule has 9 nitrogen and oxygen atoms in total. The Balaban J connectivity index is 0.000000211. The standard InChI is InChI=1S/C15H22N4O2.C11H13NO2/c1-16-14-5-4-11(12-7-17-18-8-12)6-15(14)21-10-13(20)9-19(2)3;1-14-11-3-2-8-6-12-10(7-13)4-9(8)5-11/h4-8,13,16,20H,9-10H2,1-3H3,(H,17,18);2-3,5,7,10,12H,4,6H2,1H3. The minimum absolute atomic E-state index is 0.0467.